The lowest BCUT2D eigenvalue weighted by Gasteiger charge is -2.12. The number of rotatable bonds is 6. The van der Waals surface area contributed by atoms with Crippen molar-refractivity contribution in [3.05, 3.63) is 29.3 Å². The lowest BCUT2D eigenvalue weighted by molar-refractivity contribution is -0.135. The van der Waals surface area contributed by atoms with E-state index in [1.165, 1.54) is 6.07 Å². The molecule has 0 saturated heterocycles. The van der Waals surface area contributed by atoms with Gasteiger partial charge in [-0.25, -0.2) is 13.1 Å². The molecule has 0 unspecified atom stereocenters. The summed E-state index contributed by atoms with van der Waals surface area (Å²) in [5.41, 5.74) is 6.69. The van der Waals surface area contributed by atoms with Crippen molar-refractivity contribution in [1.29, 1.82) is 0 Å². The molecule has 20 heavy (non-hydrogen) atoms. The zero-order chi connectivity index (χ0) is 15.4. The van der Waals surface area contributed by atoms with Crippen molar-refractivity contribution in [3.63, 3.8) is 0 Å². The highest BCUT2D eigenvalue weighted by Gasteiger charge is 2.26. The van der Waals surface area contributed by atoms with E-state index in [0.717, 1.165) is 0 Å². The number of hydrogen-bond acceptors (Lipinski definition) is 3. The summed E-state index contributed by atoms with van der Waals surface area (Å²) in [6.45, 7) is 1.56. The van der Waals surface area contributed by atoms with E-state index in [9.17, 15) is 21.6 Å². The van der Waals surface area contributed by atoms with Crippen LogP contribution in [-0.2, 0) is 16.6 Å². The van der Waals surface area contributed by atoms with Crippen LogP contribution in [0.2, 0.25) is 0 Å². The molecule has 8 heteroatoms. The summed E-state index contributed by atoms with van der Waals surface area (Å²) < 4.78 is 62.1. The molecule has 1 aromatic carbocycles. The van der Waals surface area contributed by atoms with Crippen molar-refractivity contribution in [2.45, 2.75) is 37.4 Å². The van der Waals surface area contributed by atoms with Crippen LogP contribution in [0.3, 0.4) is 0 Å². The highest BCUT2D eigenvalue weighted by Crippen LogP contribution is 2.21. The summed E-state index contributed by atoms with van der Waals surface area (Å²) in [4.78, 5) is 0.0486. The molecule has 0 saturated carbocycles. The molecule has 0 spiro atoms. The zero-order valence-electron chi connectivity index (χ0n) is 11.0. The van der Waals surface area contributed by atoms with Gasteiger partial charge in [-0.15, -0.1) is 0 Å². The van der Waals surface area contributed by atoms with Gasteiger partial charge in [0.1, 0.15) is 0 Å². The van der Waals surface area contributed by atoms with Gasteiger partial charge in [0.2, 0.25) is 10.0 Å². The van der Waals surface area contributed by atoms with Crippen LogP contribution in [0.25, 0.3) is 0 Å². The maximum absolute atomic E-state index is 12.0. The number of nitrogens with one attached hydrogen (secondary N) is 1. The molecule has 0 atom stereocenters. The van der Waals surface area contributed by atoms with Gasteiger partial charge in [0.25, 0.3) is 0 Å². The molecule has 0 aliphatic carbocycles. The third-order valence-corrected chi connectivity index (χ3v) is 4.44. The van der Waals surface area contributed by atoms with Crippen LogP contribution in [0.4, 0.5) is 13.2 Å². The van der Waals surface area contributed by atoms with Crippen molar-refractivity contribution in [2.75, 3.05) is 6.54 Å². The van der Waals surface area contributed by atoms with E-state index in [2.05, 4.69) is 4.72 Å². The Morgan fingerprint density at radius 1 is 1.30 bits per heavy atom. The first-order valence-corrected chi connectivity index (χ1v) is 7.50. The third kappa shape index (κ3) is 4.77. The van der Waals surface area contributed by atoms with E-state index in [1.807, 2.05) is 0 Å². The SMILES string of the molecule is Cc1c(CN)cccc1S(=O)(=O)NCCCC(F)(F)F. The Balaban J connectivity index is 2.75. The quantitative estimate of drug-likeness (QED) is 0.790. The summed E-state index contributed by atoms with van der Waals surface area (Å²) in [6, 6.07) is 4.66. The van der Waals surface area contributed by atoms with Crippen LogP contribution in [-0.4, -0.2) is 21.1 Å². The number of halogens is 3. The monoisotopic (exact) mass is 310 g/mol. The second-order valence-corrected chi connectivity index (χ2v) is 6.10. The van der Waals surface area contributed by atoms with Gasteiger partial charge in [0.05, 0.1) is 4.90 Å². The molecule has 3 N–H and O–H groups in total. The van der Waals surface area contributed by atoms with Crippen LogP contribution in [0, 0.1) is 6.92 Å². The van der Waals surface area contributed by atoms with Gasteiger partial charge in [-0.05, 0) is 30.5 Å². The molecule has 0 amide bonds. The summed E-state index contributed by atoms with van der Waals surface area (Å²) >= 11 is 0. The van der Waals surface area contributed by atoms with Gasteiger partial charge >= 0.3 is 6.18 Å². The Labute approximate surface area is 116 Å². The van der Waals surface area contributed by atoms with Crippen molar-refractivity contribution >= 4 is 10.0 Å². The Bertz CT molecular complexity index is 556. The minimum absolute atomic E-state index is 0.0486. The van der Waals surface area contributed by atoms with Crippen LogP contribution >= 0.6 is 0 Å². The van der Waals surface area contributed by atoms with Gasteiger partial charge in [-0.1, -0.05) is 12.1 Å². The minimum Gasteiger partial charge on any atom is -0.326 e. The Kier molecular flexibility index (Phi) is 5.55. The van der Waals surface area contributed by atoms with Crippen LogP contribution in [0.5, 0.6) is 0 Å². The predicted octanol–water partition coefficient (Wildman–Crippen LogP) is 2.07. The average molecular weight is 310 g/mol. The fourth-order valence-electron chi connectivity index (χ4n) is 1.75. The molecule has 0 aliphatic heterocycles. The molecule has 114 valence electrons. The molecule has 4 nitrogen and oxygen atoms in total. The van der Waals surface area contributed by atoms with E-state index >= 15 is 0 Å². The Morgan fingerprint density at radius 2 is 1.95 bits per heavy atom. The first-order chi connectivity index (χ1) is 9.17. The predicted molar refractivity (Wildman–Crippen MR) is 69.5 cm³/mol. The molecular weight excluding hydrogens is 293 g/mol. The molecule has 0 bridgehead atoms. The Hall–Kier alpha value is -1.12. The first-order valence-electron chi connectivity index (χ1n) is 6.02. The fourth-order valence-corrected chi connectivity index (χ4v) is 3.11. The lowest BCUT2D eigenvalue weighted by Crippen LogP contribution is -2.26. The summed E-state index contributed by atoms with van der Waals surface area (Å²) in [5.74, 6) is 0. The maximum Gasteiger partial charge on any atom is 0.389 e. The number of nitrogens with two attached hydrogens (primary N) is 1. The minimum atomic E-state index is -4.28. The summed E-state index contributed by atoms with van der Waals surface area (Å²) in [6.07, 6.45) is -5.59. The molecule has 1 rings (SSSR count). The molecule has 0 radical (unpaired) electrons. The molecule has 0 fully saturated rings. The van der Waals surface area contributed by atoms with Crippen molar-refractivity contribution in [1.82, 2.24) is 4.72 Å². The molecule has 0 aromatic heterocycles. The second kappa shape index (κ2) is 6.55. The zero-order valence-corrected chi connectivity index (χ0v) is 11.8. The first kappa shape index (κ1) is 16.9. The molecule has 0 aliphatic rings. The van der Waals surface area contributed by atoms with Crippen molar-refractivity contribution < 1.29 is 21.6 Å². The fraction of sp³-hybridized carbons (Fsp3) is 0.500. The van der Waals surface area contributed by atoms with E-state index < -0.39 is 22.6 Å². The molecule has 0 heterocycles. The number of sulfonamides is 1. The standard InChI is InChI=1S/C12H17F3N2O2S/c1-9-10(8-16)4-2-5-11(9)20(18,19)17-7-3-6-12(13,14)15/h2,4-5,17H,3,6-8,16H2,1H3. The number of alkyl halides is 3. The van der Waals surface area contributed by atoms with E-state index in [4.69, 9.17) is 5.73 Å². The maximum atomic E-state index is 12.0. The van der Waals surface area contributed by atoms with Gasteiger partial charge in [-0.3, -0.25) is 0 Å². The lowest BCUT2D eigenvalue weighted by atomic mass is 10.1. The summed E-state index contributed by atoms with van der Waals surface area (Å²) in [7, 11) is -3.81. The highest BCUT2D eigenvalue weighted by atomic mass is 32.2. The van der Waals surface area contributed by atoms with Crippen LogP contribution in [0.15, 0.2) is 23.1 Å². The van der Waals surface area contributed by atoms with Crippen molar-refractivity contribution in [2.24, 2.45) is 5.73 Å². The van der Waals surface area contributed by atoms with E-state index in [0.29, 0.717) is 11.1 Å². The van der Waals surface area contributed by atoms with Crippen LogP contribution < -0.4 is 10.5 Å². The number of benzene rings is 1. The topological polar surface area (TPSA) is 72.2 Å². The molecule has 1 aromatic rings. The smallest absolute Gasteiger partial charge is 0.326 e. The Morgan fingerprint density at radius 3 is 2.50 bits per heavy atom. The van der Waals surface area contributed by atoms with Gasteiger partial charge < -0.3 is 5.73 Å². The largest absolute Gasteiger partial charge is 0.389 e. The van der Waals surface area contributed by atoms with E-state index in [1.54, 1.807) is 19.1 Å². The second-order valence-electron chi connectivity index (χ2n) is 4.36. The summed E-state index contributed by atoms with van der Waals surface area (Å²) in [5, 5.41) is 0. The van der Waals surface area contributed by atoms with Crippen molar-refractivity contribution in [3.8, 4) is 0 Å². The normalized spacial score (nSPS) is 12.7. The average Bonchev–Trinajstić information content (AvgIpc) is 2.34. The molecular formula is C12H17F3N2O2S. The third-order valence-electron chi connectivity index (χ3n) is 2.83. The highest BCUT2D eigenvalue weighted by molar-refractivity contribution is 7.89. The van der Waals surface area contributed by atoms with Crippen LogP contribution in [0.1, 0.15) is 24.0 Å². The van der Waals surface area contributed by atoms with E-state index in [-0.39, 0.29) is 24.4 Å². The van der Waals surface area contributed by atoms with Gasteiger partial charge in [-0.2, -0.15) is 13.2 Å². The van der Waals surface area contributed by atoms with Gasteiger partial charge in [0, 0.05) is 19.5 Å². The van der Waals surface area contributed by atoms with Gasteiger partial charge in [0.15, 0.2) is 0 Å². The number of hydrogen-bond donors (Lipinski definition) is 2.